The molecule has 0 saturated carbocycles. The second kappa shape index (κ2) is 7.95. The lowest BCUT2D eigenvalue weighted by Crippen LogP contribution is -2.59. The topological polar surface area (TPSA) is 49.9 Å². The molecule has 1 spiro atoms. The average Bonchev–Trinajstić information content (AvgIpc) is 2.73. The number of likely N-dealkylation sites (tertiary alicyclic amines) is 1. The molecule has 2 amide bonds. The number of aryl methyl sites for hydroxylation is 1. The van der Waals surface area contributed by atoms with E-state index in [-0.39, 0.29) is 24.2 Å². The highest BCUT2D eigenvalue weighted by Gasteiger charge is 2.43. The minimum absolute atomic E-state index is 0.00847. The molecule has 0 N–H and O–H groups in total. The van der Waals surface area contributed by atoms with Gasteiger partial charge in [0.2, 0.25) is 5.91 Å². The Morgan fingerprint density at radius 3 is 2.48 bits per heavy atom. The van der Waals surface area contributed by atoms with Gasteiger partial charge in [0.15, 0.2) is 0 Å². The fraction of sp³-hybridized carbons (Fsp3) is 0.391. The van der Waals surface area contributed by atoms with Crippen LogP contribution in [0.4, 0.5) is 10.1 Å². The van der Waals surface area contributed by atoms with Crippen molar-refractivity contribution in [2.24, 2.45) is 0 Å². The SMILES string of the molecule is Cc1ccccc1CC(=O)N1CCC2(CC1)CN(c1ccc(F)cc1)C(=O)CO2. The molecule has 2 fully saturated rings. The van der Waals surface area contributed by atoms with Crippen molar-refractivity contribution < 1.29 is 18.7 Å². The zero-order chi connectivity index (χ0) is 20.4. The van der Waals surface area contributed by atoms with E-state index in [0.717, 1.165) is 11.1 Å². The van der Waals surface area contributed by atoms with Crippen LogP contribution in [0.5, 0.6) is 0 Å². The Bertz CT molecular complexity index is 905. The van der Waals surface area contributed by atoms with Crippen LogP contribution >= 0.6 is 0 Å². The Hall–Kier alpha value is -2.73. The van der Waals surface area contributed by atoms with Crippen LogP contribution in [-0.2, 0) is 20.7 Å². The minimum atomic E-state index is -0.457. The third-order valence-electron chi connectivity index (χ3n) is 6.02. The van der Waals surface area contributed by atoms with Crippen molar-refractivity contribution in [2.45, 2.75) is 31.8 Å². The lowest BCUT2D eigenvalue weighted by atomic mass is 9.88. The molecule has 2 aromatic rings. The number of benzene rings is 2. The van der Waals surface area contributed by atoms with E-state index in [1.54, 1.807) is 17.0 Å². The monoisotopic (exact) mass is 396 g/mol. The predicted molar refractivity (Wildman–Crippen MR) is 108 cm³/mol. The van der Waals surface area contributed by atoms with Gasteiger partial charge in [-0.25, -0.2) is 4.39 Å². The van der Waals surface area contributed by atoms with Crippen LogP contribution < -0.4 is 4.90 Å². The van der Waals surface area contributed by atoms with Crippen LogP contribution in [0.25, 0.3) is 0 Å². The molecule has 2 saturated heterocycles. The summed E-state index contributed by atoms with van der Waals surface area (Å²) >= 11 is 0. The van der Waals surface area contributed by atoms with Crippen molar-refractivity contribution in [1.29, 1.82) is 0 Å². The summed E-state index contributed by atoms with van der Waals surface area (Å²) in [4.78, 5) is 28.7. The van der Waals surface area contributed by atoms with Gasteiger partial charge in [-0.3, -0.25) is 9.59 Å². The Balaban J connectivity index is 1.40. The molecular formula is C23H25FN2O3. The van der Waals surface area contributed by atoms with Crippen molar-refractivity contribution in [3.8, 4) is 0 Å². The first kappa shape index (κ1) is 19.6. The first-order valence-corrected chi connectivity index (χ1v) is 9.98. The maximum atomic E-state index is 13.2. The number of morpholine rings is 1. The molecule has 0 aromatic heterocycles. The maximum Gasteiger partial charge on any atom is 0.253 e. The lowest BCUT2D eigenvalue weighted by molar-refractivity contribution is -0.150. The highest BCUT2D eigenvalue weighted by Crippen LogP contribution is 2.33. The summed E-state index contributed by atoms with van der Waals surface area (Å²) in [6.07, 6.45) is 1.76. The molecule has 0 radical (unpaired) electrons. The van der Waals surface area contributed by atoms with Crippen LogP contribution in [0.1, 0.15) is 24.0 Å². The van der Waals surface area contributed by atoms with Crippen LogP contribution in [0.2, 0.25) is 0 Å². The summed E-state index contributed by atoms with van der Waals surface area (Å²) < 4.78 is 19.2. The zero-order valence-electron chi connectivity index (χ0n) is 16.6. The molecule has 0 aliphatic carbocycles. The van der Waals surface area contributed by atoms with E-state index in [9.17, 15) is 14.0 Å². The molecule has 29 heavy (non-hydrogen) atoms. The summed E-state index contributed by atoms with van der Waals surface area (Å²) in [6, 6.07) is 13.9. The largest absolute Gasteiger partial charge is 0.363 e. The number of anilines is 1. The number of carbonyl (C=O) groups excluding carboxylic acids is 2. The molecule has 5 nitrogen and oxygen atoms in total. The number of hydrogen-bond acceptors (Lipinski definition) is 3. The van der Waals surface area contributed by atoms with Crippen molar-refractivity contribution in [3.05, 3.63) is 65.5 Å². The van der Waals surface area contributed by atoms with Gasteiger partial charge in [0.1, 0.15) is 12.4 Å². The van der Waals surface area contributed by atoms with Gasteiger partial charge >= 0.3 is 0 Å². The number of ether oxygens (including phenoxy) is 1. The van der Waals surface area contributed by atoms with Gasteiger partial charge in [0.05, 0.1) is 18.6 Å². The van der Waals surface area contributed by atoms with Crippen molar-refractivity contribution in [3.63, 3.8) is 0 Å². The first-order chi connectivity index (χ1) is 14.0. The summed E-state index contributed by atoms with van der Waals surface area (Å²) in [6.45, 7) is 3.67. The molecule has 6 heteroatoms. The number of amides is 2. The van der Waals surface area contributed by atoms with E-state index in [1.807, 2.05) is 36.1 Å². The smallest absolute Gasteiger partial charge is 0.253 e. The van der Waals surface area contributed by atoms with Gasteiger partial charge in [0, 0.05) is 18.8 Å². The molecule has 2 heterocycles. The number of hydrogen-bond donors (Lipinski definition) is 0. The van der Waals surface area contributed by atoms with Gasteiger partial charge in [-0.1, -0.05) is 24.3 Å². The molecule has 0 atom stereocenters. The molecule has 152 valence electrons. The van der Waals surface area contributed by atoms with Crippen LogP contribution in [0, 0.1) is 12.7 Å². The third kappa shape index (κ3) is 4.17. The Kier molecular flexibility index (Phi) is 5.37. The molecule has 2 aromatic carbocycles. The Morgan fingerprint density at radius 1 is 1.10 bits per heavy atom. The molecule has 4 rings (SSSR count). The van der Waals surface area contributed by atoms with Crippen molar-refractivity contribution in [1.82, 2.24) is 4.90 Å². The second-order valence-electron chi connectivity index (χ2n) is 7.91. The first-order valence-electron chi connectivity index (χ1n) is 9.98. The van der Waals surface area contributed by atoms with Gasteiger partial charge in [-0.05, 0) is 55.2 Å². The lowest BCUT2D eigenvalue weighted by Gasteiger charge is -2.47. The maximum absolute atomic E-state index is 13.2. The summed E-state index contributed by atoms with van der Waals surface area (Å²) in [5.41, 5.74) is 2.40. The van der Waals surface area contributed by atoms with Gasteiger partial charge in [0.25, 0.3) is 5.91 Å². The zero-order valence-corrected chi connectivity index (χ0v) is 16.6. The van der Waals surface area contributed by atoms with E-state index in [2.05, 4.69) is 0 Å². The number of rotatable bonds is 3. The molecule has 0 bridgehead atoms. The molecular weight excluding hydrogens is 371 g/mol. The fourth-order valence-corrected chi connectivity index (χ4v) is 4.12. The van der Waals surface area contributed by atoms with Crippen LogP contribution in [0.3, 0.4) is 0 Å². The highest BCUT2D eigenvalue weighted by molar-refractivity contribution is 5.95. The molecule has 2 aliphatic heterocycles. The summed E-state index contributed by atoms with van der Waals surface area (Å²) in [5.74, 6) is -0.332. The summed E-state index contributed by atoms with van der Waals surface area (Å²) in [7, 11) is 0. The molecule has 2 aliphatic rings. The van der Waals surface area contributed by atoms with Crippen molar-refractivity contribution in [2.75, 3.05) is 31.1 Å². The van der Waals surface area contributed by atoms with E-state index in [0.29, 0.717) is 44.6 Å². The van der Waals surface area contributed by atoms with Crippen LogP contribution in [0.15, 0.2) is 48.5 Å². The number of carbonyl (C=O) groups is 2. The average molecular weight is 396 g/mol. The van der Waals surface area contributed by atoms with Crippen molar-refractivity contribution >= 4 is 17.5 Å². The number of halogens is 1. The standard InChI is InChI=1S/C23H25FN2O3/c1-17-4-2-3-5-18(17)14-21(27)25-12-10-23(11-13-25)16-26(22(28)15-29-23)20-8-6-19(24)7-9-20/h2-9H,10-16H2,1H3. The number of piperidine rings is 1. The third-order valence-corrected chi connectivity index (χ3v) is 6.02. The van der Waals surface area contributed by atoms with Crippen LogP contribution in [-0.4, -0.2) is 48.6 Å². The normalized spacial score (nSPS) is 18.9. The molecule has 0 unspecified atom stereocenters. The second-order valence-corrected chi connectivity index (χ2v) is 7.91. The van der Waals surface area contributed by atoms with Gasteiger partial charge in [-0.15, -0.1) is 0 Å². The van der Waals surface area contributed by atoms with E-state index >= 15 is 0 Å². The number of nitrogens with zero attached hydrogens (tertiary/aromatic N) is 2. The van der Waals surface area contributed by atoms with Gasteiger partial charge in [-0.2, -0.15) is 0 Å². The van der Waals surface area contributed by atoms with E-state index < -0.39 is 5.60 Å². The quantitative estimate of drug-likeness (QED) is 0.801. The highest BCUT2D eigenvalue weighted by atomic mass is 19.1. The Morgan fingerprint density at radius 2 is 1.79 bits per heavy atom. The van der Waals surface area contributed by atoms with E-state index in [4.69, 9.17) is 4.74 Å². The predicted octanol–water partition coefficient (Wildman–Crippen LogP) is 3.10. The Labute approximate surface area is 170 Å². The summed E-state index contributed by atoms with van der Waals surface area (Å²) in [5, 5.41) is 0. The fourth-order valence-electron chi connectivity index (χ4n) is 4.12. The van der Waals surface area contributed by atoms with E-state index in [1.165, 1.54) is 12.1 Å². The van der Waals surface area contributed by atoms with Gasteiger partial charge < -0.3 is 14.5 Å². The minimum Gasteiger partial charge on any atom is -0.363 e.